The molecule has 1 saturated heterocycles. The zero-order valence-corrected chi connectivity index (χ0v) is 10.9. The summed E-state index contributed by atoms with van der Waals surface area (Å²) in [6.45, 7) is 4.39. The molecule has 1 N–H and O–H groups in total. The Balaban J connectivity index is 2.31. The van der Waals surface area contributed by atoms with Gasteiger partial charge in [-0.25, -0.2) is 4.39 Å². The molecule has 1 heterocycles. The lowest BCUT2D eigenvalue weighted by atomic mass is 9.91. The van der Waals surface area contributed by atoms with E-state index in [2.05, 4.69) is 12.2 Å². The third kappa shape index (κ3) is 2.82. The fourth-order valence-electron chi connectivity index (χ4n) is 2.51. The van der Waals surface area contributed by atoms with Crippen LogP contribution < -0.4 is 10.1 Å². The maximum Gasteiger partial charge on any atom is 0.123 e. The van der Waals surface area contributed by atoms with E-state index in [0.29, 0.717) is 5.92 Å². The van der Waals surface area contributed by atoms with Gasteiger partial charge in [-0.15, -0.1) is 0 Å². The molecule has 2 atom stereocenters. The summed E-state index contributed by atoms with van der Waals surface area (Å²) < 4.78 is 24.2. The third-order valence-corrected chi connectivity index (χ3v) is 3.39. The summed E-state index contributed by atoms with van der Waals surface area (Å²) in [4.78, 5) is 0. The summed E-state index contributed by atoms with van der Waals surface area (Å²) in [7, 11) is 1.62. The van der Waals surface area contributed by atoms with Crippen LogP contribution in [-0.4, -0.2) is 26.9 Å². The van der Waals surface area contributed by atoms with Crippen LogP contribution in [0.5, 0.6) is 5.75 Å². The van der Waals surface area contributed by atoms with Crippen molar-refractivity contribution >= 4 is 0 Å². The molecule has 4 heteroatoms. The summed E-state index contributed by atoms with van der Waals surface area (Å²) >= 11 is 0. The molecule has 1 aliphatic rings. The maximum atomic E-state index is 13.5. The summed E-state index contributed by atoms with van der Waals surface area (Å²) in [5, 5.41) is 3.42. The van der Waals surface area contributed by atoms with E-state index < -0.39 is 0 Å². The fraction of sp³-hybridized carbons (Fsp3) is 0.571. The van der Waals surface area contributed by atoms with E-state index in [4.69, 9.17) is 9.47 Å². The molecule has 0 amide bonds. The normalized spacial score (nSPS) is 20.9. The Morgan fingerprint density at radius 1 is 1.56 bits per heavy atom. The summed E-state index contributed by atoms with van der Waals surface area (Å²) in [6.07, 6.45) is 0.997. The van der Waals surface area contributed by atoms with Crippen molar-refractivity contribution in [3.63, 3.8) is 0 Å². The molecule has 2 unspecified atom stereocenters. The van der Waals surface area contributed by atoms with Crippen LogP contribution in [-0.2, 0) is 4.74 Å². The van der Waals surface area contributed by atoms with Crippen LogP contribution in [0.1, 0.15) is 24.9 Å². The van der Waals surface area contributed by atoms with Gasteiger partial charge in [0.05, 0.1) is 13.7 Å². The molecule has 1 fully saturated rings. The van der Waals surface area contributed by atoms with Gasteiger partial charge in [0.15, 0.2) is 0 Å². The average molecular weight is 253 g/mol. The van der Waals surface area contributed by atoms with Crippen LogP contribution >= 0.6 is 0 Å². The van der Waals surface area contributed by atoms with Gasteiger partial charge >= 0.3 is 0 Å². The largest absolute Gasteiger partial charge is 0.496 e. The van der Waals surface area contributed by atoms with Crippen molar-refractivity contribution in [2.24, 2.45) is 5.92 Å². The van der Waals surface area contributed by atoms with Gasteiger partial charge in [0.2, 0.25) is 0 Å². The second-order valence-electron chi connectivity index (χ2n) is 4.55. The lowest BCUT2D eigenvalue weighted by molar-refractivity contribution is 0.176. The van der Waals surface area contributed by atoms with Gasteiger partial charge in [-0.1, -0.05) is 6.92 Å². The Morgan fingerprint density at radius 2 is 2.39 bits per heavy atom. The second kappa shape index (κ2) is 6.16. The smallest absolute Gasteiger partial charge is 0.123 e. The second-order valence-corrected chi connectivity index (χ2v) is 4.55. The molecular weight excluding hydrogens is 233 g/mol. The number of hydrogen-bond acceptors (Lipinski definition) is 3. The van der Waals surface area contributed by atoms with Crippen LogP contribution in [0.15, 0.2) is 18.2 Å². The van der Waals surface area contributed by atoms with Crippen LogP contribution in [0.25, 0.3) is 0 Å². The first-order valence-corrected chi connectivity index (χ1v) is 6.40. The highest BCUT2D eigenvalue weighted by atomic mass is 19.1. The van der Waals surface area contributed by atoms with Crippen molar-refractivity contribution in [3.8, 4) is 5.75 Å². The van der Waals surface area contributed by atoms with E-state index in [1.165, 1.54) is 6.07 Å². The average Bonchev–Trinajstić information content (AvgIpc) is 2.89. The van der Waals surface area contributed by atoms with Gasteiger partial charge in [0.25, 0.3) is 0 Å². The standard InChI is InChI=1S/C14H20FNO2/c1-3-16-14(10-6-7-18-9-10)12-8-11(15)4-5-13(12)17-2/h4-5,8,10,14,16H,3,6-7,9H2,1-2H3. The predicted molar refractivity (Wildman–Crippen MR) is 68.3 cm³/mol. The van der Waals surface area contributed by atoms with Gasteiger partial charge < -0.3 is 14.8 Å². The lowest BCUT2D eigenvalue weighted by Crippen LogP contribution is -2.29. The quantitative estimate of drug-likeness (QED) is 0.874. The Kier molecular flexibility index (Phi) is 4.55. The molecule has 1 aromatic rings. The van der Waals surface area contributed by atoms with Gasteiger partial charge in [-0.3, -0.25) is 0 Å². The molecule has 2 rings (SSSR count). The van der Waals surface area contributed by atoms with Crippen molar-refractivity contribution in [2.75, 3.05) is 26.9 Å². The molecule has 0 aliphatic carbocycles. The lowest BCUT2D eigenvalue weighted by Gasteiger charge is -2.25. The maximum absolute atomic E-state index is 13.5. The fourth-order valence-corrected chi connectivity index (χ4v) is 2.51. The van der Waals surface area contributed by atoms with E-state index >= 15 is 0 Å². The molecule has 100 valence electrons. The molecule has 0 aromatic heterocycles. The molecule has 18 heavy (non-hydrogen) atoms. The van der Waals surface area contributed by atoms with E-state index in [9.17, 15) is 4.39 Å². The van der Waals surface area contributed by atoms with Gasteiger partial charge in [0.1, 0.15) is 11.6 Å². The highest BCUT2D eigenvalue weighted by Gasteiger charge is 2.28. The molecule has 0 saturated carbocycles. The van der Waals surface area contributed by atoms with E-state index in [1.807, 2.05) is 0 Å². The number of nitrogens with one attached hydrogen (secondary N) is 1. The highest BCUT2D eigenvalue weighted by molar-refractivity contribution is 5.37. The minimum absolute atomic E-state index is 0.0862. The predicted octanol–water partition coefficient (Wildman–Crippen LogP) is 2.52. The zero-order chi connectivity index (χ0) is 13.0. The van der Waals surface area contributed by atoms with Crippen molar-refractivity contribution in [1.29, 1.82) is 0 Å². The number of rotatable bonds is 5. The summed E-state index contributed by atoms with van der Waals surface area (Å²) in [6, 6.07) is 4.76. The van der Waals surface area contributed by atoms with Gasteiger partial charge in [0, 0.05) is 24.1 Å². The number of ether oxygens (including phenoxy) is 2. The molecule has 0 bridgehead atoms. The van der Waals surface area contributed by atoms with Gasteiger partial charge in [-0.2, -0.15) is 0 Å². The van der Waals surface area contributed by atoms with Gasteiger partial charge in [-0.05, 0) is 31.2 Å². The first-order valence-electron chi connectivity index (χ1n) is 6.40. The van der Waals surface area contributed by atoms with Crippen LogP contribution in [0.4, 0.5) is 4.39 Å². The minimum Gasteiger partial charge on any atom is -0.496 e. The Labute approximate surface area is 107 Å². The summed E-state index contributed by atoms with van der Waals surface area (Å²) in [5.41, 5.74) is 0.884. The molecular formula is C14H20FNO2. The van der Waals surface area contributed by atoms with E-state index in [1.54, 1.807) is 19.2 Å². The van der Waals surface area contributed by atoms with Crippen LogP contribution in [0.3, 0.4) is 0 Å². The van der Waals surface area contributed by atoms with Crippen LogP contribution in [0.2, 0.25) is 0 Å². The molecule has 1 aromatic carbocycles. The number of hydrogen-bond donors (Lipinski definition) is 1. The topological polar surface area (TPSA) is 30.5 Å². The van der Waals surface area contributed by atoms with Crippen molar-refractivity contribution in [3.05, 3.63) is 29.6 Å². The van der Waals surface area contributed by atoms with Crippen LogP contribution in [0, 0.1) is 11.7 Å². The number of benzene rings is 1. The molecule has 0 spiro atoms. The van der Waals surface area contributed by atoms with E-state index in [-0.39, 0.29) is 11.9 Å². The van der Waals surface area contributed by atoms with Crippen molar-refractivity contribution < 1.29 is 13.9 Å². The Hall–Kier alpha value is -1.13. The minimum atomic E-state index is -0.229. The first kappa shape index (κ1) is 13.3. The SMILES string of the molecule is CCNC(c1cc(F)ccc1OC)C1CCOC1. The Morgan fingerprint density at radius 3 is 3.00 bits per heavy atom. The summed E-state index contributed by atoms with van der Waals surface area (Å²) in [5.74, 6) is 0.877. The molecule has 3 nitrogen and oxygen atoms in total. The third-order valence-electron chi connectivity index (χ3n) is 3.39. The number of halogens is 1. The Bertz CT molecular complexity index is 391. The molecule has 1 aliphatic heterocycles. The monoisotopic (exact) mass is 253 g/mol. The van der Waals surface area contributed by atoms with Crippen molar-refractivity contribution in [2.45, 2.75) is 19.4 Å². The highest BCUT2D eigenvalue weighted by Crippen LogP contribution is 2.34. The first-order chi connectivity index (χ1) is 8.76. The zero-order valence-electron chi connectivity index (χ0n) is 10.9. The number of methoxy groups -OCH3 is 1. The molecule has 0 radical (unpaired) electrons. The van der Waals surface area contributed by atoms with Crippen molar-refractivity contribution in [1.82, 2.24) is 5.32 Å². The van der Waals surface area contributed by atoms with E-state index in [0.717, 1.165) is 37.5 Å².